The van der Waals surface area contributed by atoms with E-state index in [4.69, 9.17) is 0 Å². The van der Waals surface area contributed by atoms with Crippen molar-refractivity contribution in [1.29, 1.82) is 0 Å². The molecular formula is C34H48P2Zr. The van der Waals surface area contributed by atoms with Crippen molar-refractivity contribution in [3.63, 3.8) is 0 Å². The van der Waals surface area contributed by atoms with Gasteiger partial charge in [0.2, 0.25) is 0 Å². The third kappa shape index (κ3) is 8.20. The Morgan fingerprint density at radius 2 is 0.730 bits per heavy atom. The minimum atomic E-state index is -0.185. The van der Waals surface area contributed by atoms with Crippen LogP contribution in [0, 0.1) is 0 Å². The Bertz CT molecular complexity index is 1080. The summed E-state index contributed by atoms with van der Waals surface area (Å²) in [5.41, 5.74) is 0. The second-order valence-electron chi connectivity index (χ2n) is 14.0. The van der Waals surface area contributed by atoms with Crippen LogP contribution in [0.25, 0.3) is 21.5 Å². The topological polar surface area (TPSA) is 0 Å². The van der Waals surface area contributed by atoms with Gasteiger partial charge in [-0.3, -0.25) is 0 Å². The summed E-state index contributed by atoms with van der Waals surface area (Å²) in [5.74, 6) is 0. The molecule has 0 amide bonds. The van der Waals surface area contributed by atoms with Gasteiger partial charge in [-0.05, 0) is 20.6 Å². The fourth-order valence-corrected chi connectivity index (χ4v) is 14.3. The van der Waals surface area contributed by atoms with E-state index in [1.807, 2.05) is 0 Å². The summed E-state index contributed by atoms with van der Waals surface area (Å²) in [7, 11) is -0.369. The van der Waals surface area contributed by atoms with Crippen LogP contribution in [0.4, 0.5) is 0 Å². The van der Waals surface area contributed by atoms with Crippen molar-refractivity contribution >= 4 is 48.0 Å². The fourth-order valence-electron chi connectivity index (χ4n) is 6.09. The van der Waals surface area contributed by atoms with Crippen LogP contribution in [0.2, 0.25) is 0 Å². The van der Waals surface area contributed by atoms with E-state index >= 15 is 0 Å². The smallest absolute Gasteiger partial charge is 0.160 e. The summed E-state index contributed by atoms with van der Waals surface area (Å²) in [4.78, 5) is 0. The SMILES string of the molecule is CC(C)(C)P(c1cc2ccccc2[cH-]1)C(C)(C)C.CC(C)(C)P(c1cc2ccccc2[cH-]1)C(C)(C)C.[Zr+2]. The zero-order chi connectivity index (χ0) is 27.1. The fraction of sp³-hybridized carbons (Fsp3) is 0.471. The van der Waals surface area contributed by atoms with E-state index in [0.29, 0.717) is 20.6 Å². The minimum absolute atomic E-state index is 0. The molecule has 4 rings (SSSR count). The molecule has 0 spiro atoms. The summed E-state index contributed by atoms with van der Waals surface area (Å²) in [5, 5.41) is 10.0. The normalized spacial score (nSPS) is 13.1. The first kappa shape index (κ1) is 32.6. The van der Waals surface area contributed by atoms with Crippen LogP contribution in [0.1, 0.15) is 83.1 Å². The van der Waals surface area contributed by atoms with Crippen LogP contribution in [-0.4, -0.2) is 20.6 Å². The summed E-state index contributed by atoms with van der Waals surface area (Å²) < 4.78 is 0. The van der Waals surface area contributed by atoms with Crippen molar-refractivity contribution in [2.24, 2.45) is 0 Å². The van der Waals surface area contributed by atoms with E-state index in [1.54, 1.807) is 10.6 Å². The van der Waals surface area contributed by atoms with Crippen LogP contribution in [-0.2, 0) is 26.2 Å². The standard InChI is InChI=1S/2C17H24P.Zr/c2*1-16(2,3)18(17(4,5)6)15-11-13-9-7-8-10-14(13)12-15;/h2*7-12H,1-6H3;/q2*-1;+2. The van der Waals surface area contributed by atoms with Crippen LogP contribution in [0.3, 0.4) is 0 Å². The second-order valence-corrected chi connectivity index (χ2v) is 21.8. The Morgan fingerprint density at radius 1 is 0.459 bits per heavy atom. The monoisotopic (exact) mass is 608 g/mol. The van der Waals surface area contributed by atoms with Gasteiger partial charge in [0.25, 0.3) is 0 Å². The number of benzene rings is 2. The molecule has 4 aromatic rings. The molecule has 0 radical (unpaired) electrons. The first-order valence-electron chi connectivity index (χ1n) is 13.3. The van der Waals surface area contributed by atoms with Crippen molar-refractivity contribution in [3.8, 4) is 0 Å². The Morgan fingerprint density at radius 3 is 0.973 bits per heavy atom. The zero-order valence-corrected chi connectivity index (χ0v) is 29.6. The second kappa shape index (κ2) is 11.9. The number of hydrogen-bond donors (Lipinski definition) is 0. The van der Waals surface area contributed by atoms with Gasteiger partial charge in [0.1, 0.15) is 0 Å². The van der Waals surface area contributed by atoms with Crippen LogP contribution in [0.15, 0.2) is 72.8 Å². The molecule has 0 aliphatic carbocycles. The van der Waals surface area contributed by atoms with Gasteiger partial charge in [0.05, 0.1) is 0 Å². The van der Waals surface area contributed by atoms with Crippen molar-refractivity contribution in [2.45, 2.75) is 104 Å². The van der Waals surface area contributed by atoms with Gasteiger partial charge in [-0.1, -0.05) is 111 Å². The molecule has 37 heavy (non-hydrogen) atoms. The minimum Gasteiger partial charge on any atom is -0.160 e. The molecule has 0 saturated carbocycles. The molecule has 0 N–H and O–H groups in total. The Labute approximate surface area is 249 Å². The maximum atomic E-state index is 2.40. The molecule has 0 aliphatic heterocycles. The van der Waals surface area contributed by atoms with Gasteiger partial charge in [0.15, 0.2) is 0 Å². The average Bonchev–Trinajstić information content (AvgIpc) is 3.26. The molecule has 0 bridgehead atoms. The zero-order valence-electron chi connectivity index (χ0n) is 25.3. The molecule has 3 heteroatoms. The van der Waals surface area contributed by atoms with Crippen LogP contribution >= 0.6 is 15.8 Å². The molecule has 198 valence electrons. The summed E-state index contributed by atoms with van der Waals surface area (Å²) >= 11 is 0. The molecule has 0 atom stereocenters. The number of hydrogen-bond acceptors (Lipinski definition) is 0. The maximum Gasteiger partial charge on any atom is 2.00 e. The first-order valence-corrected chi connectivity index (χ1v) is 16.0. The predicted octanol–water partition coefficient (Wildman–Crippen LogP) is 10.5. The van der Waals surface area contributed by atoms with Gasteiger partial charge in [-0.15, -0.1) is 80.7 Å². The molecule has 0 heterocycles. The van der Waals surface area contributed by atoms with E-state index in [0.717, 1.165) is 0 Å². The summed E-state index contributed by atoms with van der Waals surface area (Å²) in [6.07, 6.45) is 0. The Balaban J connectivity index is 0.000000253. The Kier molecular flexibility index (Phi) is 10.5. The van der Waals surface area contributed by atoms with Gasteiger partial charge in [-0.25, -0.2) is 0 Å². The van der Waals surface area contributed by atoms with Gasteiger partial charge in [-0.2, -0.15) is 12.1 Å². The summed E-state index contributed by atoms with van der Waals surface area (Å²) in [6.45, 7) is 28.5. The van der Waals surface area contributed by atoms with E-state index in [9.17, 15) is 0 Å². The van der Waals surface area contributed by atoms with E-state index < -0.39 is 0 Å². The van der Waals surface area contributed by atoms with Crippen molar-refractivity contribution in [3.05, 3.63) is 72.8 Å². The van der Waals surface area contributed by atoms with E-state index in [-0.39, 0.29) is 42.0 Å². The molecular weight excluding hydrogens is 562 g/mol. The van der Waals surface area contributed by atoms with Crippen molar-refractivity contribution < 1.29 is 26.2 Å². The molecule has 4 aromatic carbocycles. The number of fused-ring (bicyclic) bond motifs is 2. The Hall–Kier alpha value is -0.597. The van der Waals surface area contributed by atoms with Crippen LogP contribution in [0.5, 0.6) is 0 Å². The first-order chi connectivity index (χ1) is 16.4. The van der Waals surface area contributed by atoms with Gasteiger partial charge >= 0.3 is 26.2 Å². The van der Waals surface area contributed by atoms with E-state index in [2.05, 4.69) is 156 Å². The molecule has 0 fully saturated rings. The van der Waals surface area contributed by atoms with Gasteiger partial charge in [0, 0.05) is 0 Å². The maximum absolute atomic E-state index is 2.40. The average molecular weight is 610 g/mol. The molecule has 0 aromatic heterocycles. The van der Waals surface area contributed by atoms with Gasteiger partial charge < -0.3 is 0 Å². The molecule has 0 unspecified atom stereocenters. The molecule has 0 nitrogen and oxygen atoms in total. The predicted molar refractivity (Wildman–Crippen MR) is 171 cm³/mol. The molecule has 0 saturated heterocycles. The largest absolute Gasteiger partial charge is 2.00 e. The van der Waals surface area contributed by atoms with Crippen molar-refractivity contribution in [2.75, 3.05) is 0 Å². The quantitative estimate of drug-likeness (QED) is 0.157. The summed E-state index contributed by atoms with van der Waals surface area (Å²) in [6, 6.07) is 27.0. The van der Waals surface area contributed by atoms with Crippen molar-refractivity contribution in [1.82, 2.24) is 0 Å². The third-order valence-electron chi connectivity index (χ3n) is 6.41. The van der Waals surface area contributed by atoms with E-state index in [1.165, 1.54) is 21.5 Å². The van der Waals surface area contributed by atoms with Crippen LogP contribution < -0.4 is 10.6 Å². The molecule has 0 aliphatic rings. The third-order valence-corrected chi connectivity index (χ3v) is 13.3. The number of rotatable bonds is 2.